The fraction of sp³-hybridized carbons (Fsp3) is 0.483. The van der Waals surface area contributed by atoms with Crippen molar-refractivity contribution in [2.24, 2.45) is 0 Å². The van der Waals surface area contributed by atoms with Crippen molar-refractivity contribution in [1.29, 1.82) is 0 Å². The molecule has 2 aromatic carbocycles. The number of nitrogens with one attached hydrogen (secondary N) is 1. The standard InChI is InChI=1S/C29H33N3O5/c33-27-13-12-25(28(34)30-27)32-15-20-14-21(10-11-23(20)29(32)35)37-26-9-5-4-8-24(26)31-16-22(17-31)36-18-19-6-2-1-3-7-19/h1-3,6-7,10-11,14,22,24-26H,4-5,8-9,12-13,15-18H2,(H,30,33,34)/t24-,25?,26-/m0/s1. The number of likely N-dealkylation sites (tertiary alicyclic amines) is 1. The lowest BCUT2D eigenvalue weighted by Gasteiger charge is -2.48. The van der Waals surface area contributed by atoms with Gasteiger partial charge in [0.05, 0.1) is 12.7 Å². The molecule has 2 aromatic rings. The first kappa shape index (κ1) is 24.1. The number of imide groups is 1. The molecule has 37 heavy (non-hydrogen) atoms. The van der Waals surface area contributed by atoms with E-state index in [1.54, 1.807) is 4.90 Å². The van der Waals surface area contributed by atoms with Gasteiger partial charge in [0.1, 0.15) is 17.9 Å². The SMILES string of the molecule is O=C1CCC(N2Cc3cc(O[C@H]4CCCC[C@@H]4N4CC(OCc5ccccc5)C4)ccc3C2=O)C(=O)N1. The van der Waals surface area contributed by atoms with Crippen molar-refractivity contribution in [1.82, 2.24) is 15.1 Å². The third-order valence-corrected chi connectivity index (χ3v) is 8.12. The number of hydrogen-bond acceptors (Lipinski definition) is 6. The summed E-state index contributed by atoms with van der Waals surface area (Å²) in [5.74, 6) is -0.0568. The molecule has 3 heterocycles. The van der Waals surface area contributed by atoms with Crippen molar-refractivity contribution < 1.29 is 23.9 Å². The summed E-state index contributed by atoms with van der Waals surface area (Å²) in [5.41, 5.74) is 2.68. The largest absolute Gasteiger partial charge is 0.489 e. The Labute approximate surface area is 216 Å². The monoisotopic (exact) mass is 503 g/mol. The number of rotatable bonds is 7. The van der Waals surface area contributed by atoms with Crippen LogP contribution < -0.4 is 10.1 Å². The summed E-state index contributed by atoms with van der Waals surface area (Å²) in [5, 5.41) is 2.35. The third-order valence-electron chi connectivity index (χ3n) is 8.12. The molecule has 6 rings (SSSR count). The summed E-state index contributed by atoms with van der Waals surface area (Å²) in [7, 11) is 0. The van der Waals surface area contributed by atoms with Crippen molar-refractivity contribution in [2.75, 3.05) is 13.1 Å². The van der Waals surface area contributed by atoms with E-state index in [4.69, 9.17) is 9.47 Å². The molecular formula is C29H33N3O5. The minimum Gasteiger partial charge on any atom is -0.489 e. The minimum absolute atomic E-state index is 0.102. The average Bonchev–Trinajstić information content (AvgIpc) is 3.20. The van der Waals surface area contributed by atoms with E-state index in [1.165, 1.54) is 12.0 Å². The number of nitrogens with zero attached hydrogens (tertiary/aromatic N) is 2. The molecule has 2 saturated heterocycles. The molecular weight excluding hydrogens is 470 g/mol. The van der Waals surface area contributed by atoms with E-state index < -0.39 is 6.04 Å². The predicted molar refractivity (Wildman–Crippen MR) is 136 cm³/mol. The van der Waals surface area contributed by atoms with Gasteiger partial charge < -0.3 is 14.4 Å². The van der Waals surface area contributed by atoms with Crippen LogP contribution in [0.5, 0.6) is 5.75 Å². The van der Waals surface area contributed by atoms with Crippen molar-refractivity contribution in [3.8, 4) is 5.75 Å². The quantitative estimate of drug-likeness (QED) is 0.585. The van der Waals surface area contributed by atoms with Crippen molar-refractivity contribution in [2.45, 2.75) is 76.0 Å². The Kier molecular flexibility index (Phi) is 6.69. The molecule has 3 atom stereocenters. The molecule has 3 amide bonds. The van der Waals surface area contributed by atoms with Gasteiger partial charge in [-0.2, -0.15) is 0 Å². The summed E-state index contributed by atoms with van der Waals surface area (Å²) < 4.78 is 12.6. The Hall–Kier alpha value is -3.23. The highest BCUT2D eigenvalue weighted by Gasteiger charge is 2.41. The second-order valence-electron chi connectivity index (χ2n) is 10.6. The van der Waals surface area contributed by atoms with Gasteiger partial charge in [-0.1, -0.05) is 36.8 Å². The summed E-state index contributed by atoms with van der Waals surface area (Å²) in [6.45, 7) is 2.86. The third kappa shape index (κ3) is 5.00. The van der Waals surface area contributed by atoms with Gasteiger partial charge in [0.25, 0.3) is 5.91 Å². The molecule has 8 heteroatoms. The number of piperidine rings is 1. The van der Waals surface area contributed by atoms with Gasteiger partial charge in [-0.15, -0.1) is 0 Å². The number of carbonyl (C=O) groups is 3. The predicted octanol–water partition coefficient (Wildman–Crippen LogP) is 3.04. The van der Waals surface area contributed by atoms with Gasteiger partial charge in [0.15, 0.2) is 0 Å². The van der Waals surface area contributed by atoms with Gasteiger partial charge in [-0.05, 0) is 55.0 Å². The summed E-state index contributed by atoms with van der Waals surface area (Å²) in [4.78, 5) is 40.9. The molecule has 3 fully saturated rings. The van der Waals surface area contributed by atoms with Crippen LogP contribution in [-0.2, 0) is 27.5 Å². The molecule has 0 aromatic heterocycles. The van der Waals surface area contributed by atoms with Crippen LogP contribution in [0.25, 0.3) is 0 Å². The second kappa shape index (κ2) is 10.3. The number of fused-ring (bicyclic) bond motifs is 1. The minimum atomic E-state index is -0.604. The Morgan fingerprint density at radius 3 is 2.57 bits per heavy atom. The Bertz CT molecular complexity index is 1180. The number of amides is 3. The number of carbonyl (C=O) groups excluding carboxylic acids is 3. The maximum absolute atomic E-state index is 13.0. The summed E-state index contributed by atoms with van der Waals surface area (Å²) >= 11 is 0. The van der Waals surface area contributed by atoms with E-state index in [-0.39, 0.29) is 36.4 Å². The van der Waals surface area contributed by atoms with Crippen molar-refractivity contribution in [3.63, 3.8) is 0 Å². The van der Waals surface area contributed by atoms with E-state index in [0.717, 1.165) is 43.7 Å². The van der Waals surface area contributed by atoms with E-state index >= 15 is 0 Å². The number of hydrogen-bond donors (Lipinski definition) is 1. The van der Waals surface area contributed by atoms with Crippen LogP contribution in [0.4, 0.5) is 0 Å². The van der Waals surface area contributed by atoms with Crippen LogP contribution in [0.1, 0.15) is 60.0 Å². The van der Waals surface area contributed by atoms with Crippen LogP contribution in [0.15, 0.2) is 48.5 Å². The van der Waals surface area contributed by atoms with Gasteiger partial charge >= 0.3 is 0 Å². The van der Waals surface area contributed by atoms with Crippen LogP contribution in [-0.4, -0.2) is 64.9 Å². The highest BCUT2D eigenvalue weighted by atomic mass is 16.5. The Morgan fingerprint density at radius 2 is 1.76 bits per heavy atom. The summed E-state index contributed by atoms with van der Waals surface area (Å²) in [6, 6.07) is 15.7. The molecule has 194 valence electrons. The molecule has 4 aliphatic rings. The zero-order valence-corrected chi connectivity index (χ0v) is 20.9. The van der Waals surface area contributed by atoms with Gasteiger partial charge in [0, 0.05) is 37.7 Å². The fourth-order valence-corrected chi connectivity index (χ4v) is 6.07. The highest BCUT2D eigenvalue weighted by Crippen LogP contribution is 2.34. The fourth-order valence-electron chi connectivity index (χ4n) is 6.07. The maximum atomic E-state index is 13.0. The molecule has 8 nitrogen and oxygen atoms in total. The van der Waals surface area contributed by atoms with Crippen LogP contribution in [0, 0.1) is 0 Å². The number of ether oxygens (including phenoxy) is 2. The molecule has 0 bridgehead atoms. The van der Waals surface area contributed by atoms with E-state index in [0.29, 0.717) is 31.2 Å². The first-order chi connectivity index (χ1) is 18.0. The molecule has 1 unspecified atom stereocenters. The average molecular weight is 504 g/mol. The smallest absolute Gasteiger partial charge is 0.255 e. The zero-order chi connectivity index (χ0) is 25.4. The molecule has 1 aliphatic carbocycles. The van der Waals surface area contributed by atoms with Crippen molar-refractivity contribution >= 4 is 17.7 Å². The van der Waals surface area contributed by atoms with Crippen LogP contribution >= 0.6 is 0 Å². The topological polar surface area (TPSA) is 88.2 Å². The molecule has 0 spiro atoms. The zero-order valence-electron chi connectivity index (χ0n) is 20.9. The van der Waals surface area contributed by atoms with E-state index in [2.05, 4.69) is 22.3 Å². The second-order valence-corrected chi connectivity index (χ2v) is 10.6. The van der Waals surface area contributed by atoms with E-state index in [1.807, 2.05) is 36.4 Å². The van der Waals surface area contributed by atoms with Gasteiger partial charge in [-0.3, -0.25) is 24.6 Å². The normalized spacial score (nSPS) is 26.5. The number of benzene rings is 2. The van der Waals surface area contributed by atoms with Crippen molar-refractivity contribution in [3.05, 3.63) is 65.2 Å². The Morgan fingerprint density at radius 1 is 0.946 bits per heavy atom. The Balaban J connectivity index is 1.06. The highest BCUT2D eigenvalue weighted by molar-refractivity contribution is 6.05. The van der Waals surface area contributed by atoms with Gasteiger partial charge in [-0.25, -0.2) is 0 Å². The van der Waals surface area contributed by atoms with Crippen LogP contribution in [0.2, 0.25) is 0 Å². The summed E-state index contributed by atoms with van der Waals surface area (Å²) in [6.07, 6.45) is 5.45. The molecule has 0 radical (unpaired) electrons. The molecule has 1 N–H and O–H groups in total. The maximum Gasteiger partial charge on any atom is 0.255 e. The lowest BCUT2D eigenvalue weighted by Crippen LogP contribution is -2.61. The lowest BCUT2D eigenvalue weighted by atomic mass is 9.89. The first-order valence-electron chi connectivity index (χ1n) is 13.4. The van der Waals surface area contributed by atoms with Gasteiger partial charge in [0.2, 0.25) is 11.8 Å². The van der Waals surface area contributed by atoms with Crippen LogP contribution in [0.3, 0.4) is 0 Å². The lowest BCUT2D eigenvalue weighted by molar-refractivity contribution is -0.136. The molecule has 1 saturated carbocycles. The van der Waals surface area contributed by atoms with E-state index in [9.17, 15) is 14.4 Å². The first-order valence-corrected chi connectivity index (χ1v) is 13.4. The molecule has 3 aliphatic heterocycles.